The summed E-state index contributed by atoms with van der Waals surface area (Å²) in [7, 11) is 0. The lowest BCUT2D eigenvalue weighted by Crippen LogP contribution is -2.33. The molecule has 1 amide bonds. The van der Waals surface area contributed by atoms with E-state index < -0.39 is 23.8 Å². The van der Waals surface area contributed by atoms with Gasteiger partial charge in [-0.05, 0) is 30.7 Å². The average Bonchev–Trinajstić information content (AvgIpc) is 2.53. The van der Waals surface area contributed by atoms with E-state index in [-0.39, 0.29) is 12.1 Å². The lowest BCUT2D eigenvalue weighted by molar-refractivity contribution is -0.137. The standard InChI is InChI=1S/C17H15ClF3NO2/c1-2-14(24-15-10-6-4-8-12(15)18)16(23)22-13-9-5-3-7-11(13)17(19,20)21/h3-10,14H,2H2,1H3,(H,22,23). The van der Waals surface area contributed by atoms with Crippen LogP contribution in [0.25, 0.3) is 0 Å². The molecule has 1 atom stereocenters. The van der Waals surface area contributed by atoms with Gasteiger partial charge in [-0.3, -0.25) is 4.79 Å². The van der Waals surface area contributed by atoms with Gasteiger partial charge in [0.15, 0.2) is 6.10 Å². The van der Waals surface area contributed by atoms with Crippen molar-refractivity contribution in [2.24, 2.45) is 0 Å². The van der Waals surface area contributed by atoms with Crippen LogP contribution in [0.2, 0.25) is 5.02 Å². The fourth-order valence-corrected chi connectivity index (χ4v) is 2.25. The van der Waals surface area contributed by atoms with E-state index in [4.69, 9.17) is 16.3 Å². The normalized spacial score (nSPS) is 12.5. The first-order chi connectivity index (χ1) is 11.3. The Labute approximate surface area is 142 Å². The van der Waals surface area contributed by atoms with Gasteiger partial charge in [-0.25, -0.2) is 0 Å². The summed E-state index contributed by atoms with van der Waals surface area (Å²) in [5.74, 6) is -0.376. The van der Waals surface area contributed by atoms with Gasteiger partial charge in [-0.15, -0.1) is 0 Å². The van der Waals surface area contributed by atoms with E-state index >= 15 is 0 Å². The Balaban J connectivity index is 2.18. The number of rotatable bonds is 5. The molecule has 24 heavy (non-hydrogen) atoms. The van der Waals surface area contributed by atoms with Crippen molar-refractivity contribution < 1.29 is 22.7 Å². The number of para-hydroxylation sites is 2. The van der Waals surface area contributed by atoms with Crippen LogP contribution in [0, 0.1) is 0 Å². The number of alkyl halides is 3. The van der Waals surface area contributed by atoms with Gasteiger partial charge in [-0.1, -0.05) is 42.8 Å². The second-order valence-corrected chi connectivity index (χ2v) is 5.38. The fourth-order valence-electron chi connectivity index (χ4n) is 2.07. The highest BCUT2D eigenvalue weighted by molar-refractivity contribution is 6.32. The molecule has 0 saturated heterocycles. The molecule has 0 aliphatic carbocycles. The molecule has 2 aromatic carbocycles. The van der Waals surface area contributed by atoms with Crippen molar-refractivity contribution in [3.05, 3.63) is 59.1 Å². The van der Waals surface area contributed by atoms with Gasteiger partial charge in [0.05, 0.1) is 16.3 Å². The van der Waals surface area contributed by atoms with Crippen LogP contribution in [0.15, 0.2) is 48.5 Å². The highest BCUT2D eigenvalue weighted by atomic mass is 35.5. The predicted octanol–water partition coefficient (Wildman–Crippen LogP) is 5.15. The summed E-state index contributed by atoms with van der Waals surface area (Å²) in [4.78, 5) is 12.3. The summed E-state index contributed by atoms with van der Waals surface area (Å²) in [5.41, 5.74) is -1.22. The summed E-state index contributed by atoms with van der Waals surface area (Å²) in [6, 6.07) is 11.4. The molecule has 1 N–H and O–H groups in total. The first kappa shape index (κ1) is 18.1. The molecule has 0 heterocycles. The van der Waals surface area contributed by atoms with E-state index in [1.54, 1.807) is 31.2 Å². The second-order valence-electron chi connectivity index (χ2n) is 4.98. The highest BCUT2D eigenvalue weighted by Gasteiger charge is 2.34. The summed E-state index contributed by atoms with van der Waals surface area (Å²) < 4.78 is 44.5. The highest BCUT2D eigenvalue weighted by Crippen LogP contribution is 2.34. The van der Waals surface area contributed by atoms with Crippen molar-refractivity contribution in [3.8, 4) is 5.75 Å². The van der Waals surface area contributed by atoms with Gasteiger partial charge in [0.25, 0.3) is 5.91 Å². The molecule has 0 saturated carbocycles. The van der Waals surface area contributed by atoms with Crippen molar-refractivity contribution in [2.45, 2.75) is 25.6 Å². The average molecular weight is 358 g/mol. The first-order valence-corrected chi connectivity index (χ1v) is 7.59. The minimum absolute atomic E-state index is 0.269. The molecule has 0 aliphatic rings. The molecule has 0 bridgehead atoms. The molecule has 0 spiro atoms. The molecule has 7 heteroatoms. The van der Waals surface area contributed by atoms with Crippen LogP contribution in [-0.4, -0.2) is 12.0 Å². The molecule has 0 fully saturated rings. The molecule has 2 aromatic rings. The van der Waals surface area contributed by atoms with Crippen LogP contribution < -0.4 is 10.1 Å². The monoisotopic (exact) mass is 357 g/mol. The fraction of sp³-hybridized carbons (Fsp3) is 0.235. The number of halogens is 4. The smallest absolute Gasteiger partial charge is 0.418 e. The second kappa shape index (κ2) is 7.57. The summed E-state index contributed by atoms with van der Waals surface area (Å²) in [6.45, 7) is 1.69. The maximum atomic E-state index is 13.0. The molecule has 2 rings (SSSR count). The van der Waals surface area contributed by atoms with Crippen LogP contribution in [0.1, 0.15) is 18.9 Å². The van der Waals surface area contributed by atoms with Gasteiger partial charge in [0.2, 0.25) is 0 Å². The van der Waals surface area contributed by atoms with E-state index in [2.05, 4.69) is 5.32 Å². The number of carbonyl (C=O) groups excluding carboxylic acids is 1. The third-order valence-electron chi connectivity index (χ3n) is 3.26. The number of amides is 1. The molecule has 128 valence electrons. The molecule has 0 aromatic heterocycles. The van der Waals surface area contributed by atoms with Crippen LogP contribution in [0.3, 0.4) is 0 Å². The summed E-state index contributed by atoms with van der Waals surface area (Å²) in [6.07, 6.45) is -5.26. The predicted molar refractivity (Wildman–Crippen MR) is 86.2 cm³/mol. The molecule has 1 unspecified atom stereocenters. The van der Waals surface area contributed by atoms with Gasteiger partial charge >= 0.3 is 6.18 Å². The molecule has 3 nitrogen and oxygen atoms in total. The molecule has 0 aliphatic heterocycles. The van der Waals surface area contributed by atoms with Crippen LogP contribution in [0.5, 0.6) is 5.75 Å². The lowest BCUT2D eigenvalue weighted by Gasteiger charge is -2.19. The maximum Gasteiger partial charge on any atom is 0.418 e. The number of carbonyl (C=O) groups is 1. The molecular weight excluding hydrogens is 343 g/mol. The zero-order chi connectivity index (χ0) is 17.7. The quantitative estimate of drug-likeness (QED) is 0.803. The minimum Gasteiger partial charge on any atom is -0.479 e. The van der Waals surface area contributed by atoms with Crippen molar-refractivity contribution in [3.63, 3.8) is 0 Å². The Morgan fingerprint density at radius 3 is 2.42 bits per heavy atom. The summed E-state index contributed by atoms with van der Waals surface area (Å²) in [5, 5.41) is 2.60. The van der Waals surface area contributed by atoms with Crippen molar-refractivity contribution in [1.29, 1.82) is 0 Å². The number of hydrogen-bond donors (Lipinski definition) is 1. The summed E-state index contributed by atoms with van der Waals surface area (Å²) >= 11 is 5.97. The van der Waals surface area contributed by atoms with Gasteiger partial charge in [0.1, 0.15) is 5.75 Å². The molecular formula is C17H15ClF3NO2. The van der Waals surface area contributed by atoms with Crippen molar-refractivity contribution in [2.75, 3.05) is 5.32 Å². The maximum absolute atomic E-state index is 13.0. The van der Waals surface area contributed by atoms with Crippen molar-refractivity contribution >= 4 is 23.2 Å². The number of anilines is 1. The Hall–Kier alpha value is -2.21. The Bertz CT molecular complexity index is 719. The van der Waals surface area contributed by atoms with Crippen LogP contribution in [-0.2, 0) is 11.0 Å². The number of hydrogen-bond acceptors (Lipinski definition) is 2. The van der Waals surface area contributed by atoms with Gasteiger partial charge < -0.3 is 10.1 Å². The first-order valence-electron chi connectivity index (χ1n) is 7.21. The minimum atomic E-state index is -4.56. The van der Waals surface area contributed by atoms with E-state index in [9.17, 15) is 18.0 Å². The largest absolute Gasteiger partial charge is 0.479 e. The number of nitrogens with one attached hydrogen (secondary N) is 1. The Morgan fingerprint density at radius 1 is 1.17 bits per heavy atom. The lowest BCUT2D eigenvalue weighted by atomic mass is 10.1. The van der Waals surface area contributed by atoms with E-state index in [0.717, 1.165) is 6.07 Å². The van der Waals surface area contributed by atoms with Crippen molar-refractivity contribution in [1.82, 2.24) is 0 Å². The third-order valence-corrected chi connectivity index (χ3v) is 3.57. The molecule has 0 radical (unpaired) electrons. The van der Waals surface area contributed by atoms with Gasteiger partial charge in [-0.2, -0.15) is 13.2 Å². The Morgan fingerprint density at radius 2 is 1.79 bits per heavy atom. The van der Waals surface area contributed by atoms with E-state index in [0.29, 0.717) is 10.8 Å². The van der Waals surface area contributed by atoms with E-state index in [1.807, 2.05) is 0 Å². The van der Waals surface area contributed by atoms with Gasteiger partial charge in [0, 0.05) is 0 Å². The van der Waals surface area contributed by atoms with Crippen LogP contribution >= 0.6 is 11.6 Å². The van der Waals surface area contributed by atoms with Crippen LogP contribution in [0.4, 0.5) is 18.9 Å². The topological polar surface area (TPSA) is 38.3 Å². The SMILES string of the molecule is CCC(Oc1ccccc1Cl)C(=O)Nc1ccccc1C(F)(F)F. The zero-order valence-corrected chi connectivity index (χ0v) is 13.5. The van der Waals surface area contributed by atoms with E-state index in [1.165, 1.54) is 18.2 Å². The number of ether oxygens (including phenoxy) is 1. The zero-order valence-electron chi connectivity index (χ0n) is 12.7. The number of benzene rings is 2. The Kier molecular flexibility index (Phi) is 5.72. The third kappa shape index (κ3) is 4.41.